The van der Waals surface area contributed by atoms with Gasteiger partial charge in [0.15, 0.2) is 0 Å². The molecule has 3 rings (SSSR count). The molecule has 0 amide bonds. The molecule has 1 aliphatic heterocycles. The first-order chi connectivity index (χ1) is 7.69. The van der Waals surface area contributed by atoms with Crippen LogP contribution < -0.4 is 5.73 Å². The molecule has 1 saturated heterocycles. The SMILES string of the molecule is Cc1nc(C2CCOCC2)sc1C1(N)CC1. The van der Waals surface area contributed by atoms with Crippen molar-refractivity contribution in [3.8, 4) is 0 Å². The molecule has 16 heavy (non-hydrogen) atoms. The molecule has 1 aliphatic carbocycles. The molecule has 2 aliphatic rings. The number of nitrogens with zero attached hydrogens (tertiary/aromatic N) is 1. The van der Waals surface area contributed by atoms with Crippen molar-refractivity contribution in [2.24, 2.45) is 5.73 Å². The van der Waals surface area contributed by atoms with Crippen LogP contribution in [0.15, 0.2) is 0 Å². The van der Waals surface area contributed by atoms with Gasteiger partial charge >= 0.3 is 0 Å². The molecule has 2 heterocycles. The Morgan fingerprint density at radius 2 is 2.06 bits per heavy atom. The van der Waals surface area contributed by atoms with Gasteiger partial charge in [0.2, 0.25) is 0 Å². The number of thiazole rings is 1. The summed E-state index contributed by atoms with van der Waals surface area (Å²) >= 11 is 1.84. The molecular formula is C12H18N2OS. The summed E-state index contributed by atoms with van der Waals surface area (Å²) in [5.41, 5.74) is 7.39. The summed E-state index contributed by atoms with van der Waals surface area (Å²) in [6.45, 7) is 3.86. The highest BCUT2D eigenvalue weighted by Crippen LogP contribution is 2.47. The summed E-state index contributed by atoms with van der Waals surface area (Å²) < 4.78 is 5.39. The standard InChI is InChI=1S/C12H18N2OS/c1-8-10(12(13)4-5-12)16-11(14-8)9-2-6-15-7-3-9/h9H,2-7,13H2,1H3. The monoisotopic (exact) mass is 238 g/mol. The van der Waals surface area contributed by atoms with E-state index in [9.17, 15) is 0 Å². The molecule has 3 nitrogen and oxygen atoms in total. The smallest absolute Gasteiger partial charge is 0.0964 e. The molecule has 88 valence electrons. The molecule has 2 N–H and O–H groups in total. The summed E-state index contributed by atoms with van der Waals surface area (Å²) in [5, 5.41) is 1.28. The minimum absolute atomic E-state index is 0.0227. The largest absolute Gasteiger partial charge is 0.381 e. The van der Waals surface area contributed by atoms with E-state index in [0.29, 0.717) is 5.92 Å². The van der Waals surface area contributed by atoms with E-state index in [0.717, 1.165) is 44.6 Å². The summed E-state index contributed by atoms with van der Waals surface area (Å²) in [7, 11) is 0. The van der Waals surface area contributed by atoms with Crippen LogP contribution in [0.1, 0.15) is 47.2 Å². The Hall–Kier alpha value is -0.450. The normalized spacial score (nSPS) is 24.6. The van der Waals surface area contributed by atoms with Crippen LogP contribution in [0.5, 0.6) is 0 Å². The van der Waals surface area contributed by atoms with Gasteiger partial charge in [-0.15, -0.1) is 11.3 Å². The molecule has 0 radical (unpaired) electrons. The molecule has 2 fully saturated rings. The highest BCUT2D eigenvalue weighted by molar-refractivity contribution is 7.12. The zero-order valence-electron chi connectivity index (χ0n) is 9.66. The number of ether oxygens (including phenoxy) is 1. The minimum atomic E-state index is -0.0227. The Morgan fingerprint density at radius 3 is 2.69 bits per heavy atom. The Balaban J connectivity index is 1.85. The highest BCUT2D eigenvalue weighted by atomic mass is 32.1. The van der Waals surface area contributed by atoms with E-state index in [2.05, 4.69) is 6.92 Å². The maximum absolute atomic E-state index is 6.26. The van der Waals surface area contributed by atoms with Crippen molar-refractivity contribution in [2.75, 3.05) is 13.2 Å². The van der Waals surface area contributed by atoms with E-state index in [1.165, 1.54) is 9.88 Å². The highest BCUT2D eigenvalue weighted by Gasteiger charge is 2.43. The number of aromatic nitrogens is 1. The lowest BCUT2D eigenvalue weighted by Crippen LogP contribution is -2.18. The van der Waals surface area contributed by atoms with E-state index >= 15 is 0 Å². The predicted molar refractivity (Wildman–Crippen MR) is 64.7 cm³/mol. The quantitative estimate of drug-likeness (QED) is 0.860. The number of nitrogens with two attached hydrogens (primary N) is 1. The summed E-state index contributed by atoms with van der Waals surface area (Å²) in [4.78, 5) is 6.05. The van der Waals surface area contributed by atoms with Crippen molar-refractivity contribution < 1.29 is 4.74 Å². The van der Waals surface area contributed by atoms with Gasteiger partial charge in [-0.3, -0.25) is 0 Å². The van der Waals surface area contributed by atoms with Gasteiger partial charge in [0.1, 0.15) is 0 Å². The van der Waals surface area contributed by atoms with Crippen LogP contribution in [0.4, 0.5) is 0 Å². The molecule has 0 aromatic carbocycles. The molecule has 1 aromatic rings. The topological polar surface area (TPSA) is 48.1 Å². The maximum Gasteiger partial charge on any atom is 0.0964 e. The Labute approximate surface area is 100 Å². The predicted octanol–water partition coefficient (Wildman–Crippen LogP) is 2.29. The third-order valence-electron chi connectivity index (χ3n) is 3.62. The van der Waals surface area contributed by atoms with Gasteiger partial charge in [-0.25, -0.2) is 4.98 Å². The molecular weight excluding hydrogens is 220 g/mol. The third kappa shape index (κ3) is 1.79. The summed E-state index contributed by atoms with van der Waals surface area (Å²) in [5.74, 6) is 0.605. The first-order valence-corrected chi connectivity index (χ1v) is 6.85. The van der Waals surface area contributed by atoms with Crippen LogP contribution in [-0.2, 0) is 10.3 Å². The maximum atomic E-state index is 6.26. The van der Waals surface area contributed by atoms with Gasteiger partial charge in [0.25, 0.3) is 0 Å². The number of hydrogen-bond donors (Lipinski definition) is 1. The fourth-order valence-corrected chi connectivity index (χ4v) is 3.75. The first kappa shape index (κ1) is 10.7. The second-order valence-electron chi connectivity index (χ2n) is 5.01. The van der Waals surface area contributed by atoms with Crippen molar-refractivity contribution >= 4 is 11.3 Å². The second-order valence-corrected chi connectivity index (χ2v) is 6.04. The van der Waals surface area contributed by atoms with Gasteiger partial charge in [0, 0.05) is 24.0 Å². The summed E-state index contributed by atoms with van der Waals surface area (Å²) in [6, 6.07) is 0. The van der Waals surface area contributed by atoms with Crippen molar-refractivity contribution in [1.82, 2.24) is 4.98 Å². The third-order valence-corrected chi connectivity index (χ3v) is 5.16. The lowest BCUT2D eigenvalue weighted by molar-refractivity contribution is 0.0852. The van der Waals surface area contributed by atoms with Crippen molar-refractivity contribution in [3.05, 3.63) is 15.6 Å². The van der Waals surface area contributed by atoms with Crippen molar-refractivity contribution in [1.29, 1.82) is 0 Å². The molecule has 0 bridgehead atoms. The molecule has 1 aromatic heterocycles. The van der Waals surface area contributed by atoms with Crippen molar-refractivity contribution in [3.63, 3.8) is 0 Å². The lowest BCUT2D eigenvalue weighted by Gasteiger charge is -2.19. The molecule has 0 unspecified atom stereocenters. The van der Waals surface area contributed by atoms with Gasteiger partial charge in [-0.05, 0) is 32.6 Å². The second kappa shape index (κ2) is 3.79. The fraction of sp³-hybridized carbons (Fsp3) is 0.750. The van der Waals surface area contributed by atoms with Crippen LogP contribution in [0.3, 0.4) is 0 Å². The van der Waals surface area contributed by atoms with Crippen LogP contribution >= 0.6 is 11.3 Å². The molecule has 0 spiro atoms. The van der Waals surface area contributed by atoms with Crippen LogP contribution in [0.25, 0.3) is 0 Å². The number of rotatable bonds is 2. The summed E-state index contributed by atoms with van der Waals surface area (Å²) in [6.07, 6.45) is 4.49. The number of hydrogen-bond acceptors (Lipinski definition) is 4. The van der Waals surface area contributed by atoms with E-state index in [4.69, 9.17) is 15.5 Å². The van der Waals surface area contributed by atoms with E-state index in [1.807, 2.05) is 11.3 Å². The zero-order chi connectivity index (χ0) is 11.2. The van der Waals surface area contributed by atoms with Crippen LogP contribution in [-0.4, -0.2) is 18.2 Å². The molecule has 0 atom stereocenters. The Kier molecular flexibility index (Phi) is 2.53. The van der Waals surface area contributed by atoms with Gasteiger partial charge in [0.05, 0.1) is 16.2 Å². The number of aryl methyl sites for hydroxylation is 1. The van der Waals surface area contributed by atoms with Gasteiger partial charge in [-0.2, -0.15) is 0 Å². The Morgan fingerprint density at radius 1 is 1.38 bits per heavy atom. The first-order valence-electron chi connectivity index (χ1n) is 6.03. The Bertz CT molecular complexity index is 392. The van der Waals surface area contributed by atoms with Crippen molar-refractivity contribution in [2.45, 2.75) is 44.1 Å². The van der Waals surface area contributed by atoms with Crippen LogP contribution in [0, 0.1) is 6.92 Å². The van der Waals surface area contributed by atoms with Gasteiger partial charge in [-0.1, -0.05) is 0 Å². The van der Waals surface area contributed by atoms with E-state index < -0.39 is 0 Å². The minimum Gasteiger partial charge on any atom is -0.381 e. The zero-order valence-corrected chi connectivity index (χ0v) is 10.5. The van der Waals surface area contributed by atoms with E-state index in [1.54, 1.807) is 0 Å². The van der Waals surface area contributed by atoms with Crippen LogP contribution in [0.2, 0.25) is 0 Å². The molecule has 1 saturated carbocycles. The van der Waals surface area contributed by atoms with Gasteiger partial charge < -0.3 is 10.5 Å². The fourth-order valence-electron chi connectivity index (χ4n) is 2.36. The lowest BCUT2D eigenvalue weighted by atomic mass is 10.0. The van der Waals surface area contributed by atoms with E-state index in [-0.39, 0.29) is 5.54 Å². The average molecular weight is 238 g/mol. The average Bonchev–Trinajstić information content (AvgIpc) is 2.91. The molecule has 4 heteroatoms.